The van der Waals surface area contributed by atoms with Crippen molar-refractivity contribution in [2.24, 2.45) is 12.5 Å². The largest absolute Gasteiger partial charge is 0.339 e. The minimum absolute atomic E-state index is 0.0136. The van der Waals surface area contributed by atoms with Crippen LogP contribution in [0.4, 0.5) is 5.95 Å². The molecule has 1 saturated heterocycles. The van der Waals surface area contributed by atoms with Gasteiger partial charge in [0.2, 0.25) is 11.9 Å². The smallest absolute Gasteiger partial charge is 0.258 e. The Labute approximate surface area is 185 Å². The summed E-state index contributed by atoms with van der Waals surface area (Å²) in [5.74, 6) is 0.103. The lowest BCUT2D eigenvalue weighted by molar-refractivity contribution is -0.125. The molecular formula is C24H25N5O3. The van der Waals surface area contributed by atoms with E-state index < -0.39 is 0 Å². The normalized spacial score (nSPS) is 22.2. The van der Waals surface area contributed by atoms with Crippen LogP contribution >= 0.6 is 0 Å². The minimum Gasteiger partial charge on any atom is -0.339 e. The molecule has 1 N–H and O–H groups in total. The van der Waals surface area contributed by atoms with Crippen molar-refractivity contribution in [1.82, 2.24) is 19.0 Å². The van der Waals surface area contributed by atoms with E-state index in [1.165, 1.54) is 16.7 Å². The maximum Gasteiger partial charge on any atom is 0.258 e. The fraction of sp³-hybridized carbons (Fsp3) is 0.333. The quantitative estimate of drug-likeness (QED) is 0.644. The van der Waals surface area contributed by atoms with Gasteiger partial charge in [-0.15, -0.1) is 0 Å². The van der Waals surface area contributed by atoms with E-state index in [1.54, 1.807) is 19.3 Å². The molecule has 1 aromatic carbocycles. The van der Waals surface area contributed by atoms with Gasteiger partial charge in [-0.1, -0.05) is 18.7 Å². The molecule has 1 spiro atoms. The second-order valence-corrected chi connectivity index (χ2v) is 8.89. The summed E-state index contributed by atoms with van der Waals surface area (Å²) < 4.78 is 3.51. The van der Waals surface area contributed by atoms with Crippen LogP contribution in [0.15, 0.2) is 60.0 Å². The number of benzene rings is 1. The van der Waals surface area contributed by atoms with Crippen LogP contribution < -0.4 is 10.9 Å². The first-order chi connectivity index (χ1) is 15.4. The molecule has 8 nitrogen and oxygen atoms in total. The Kier molecular flexibility index (Phi) is 4.73. The van der Waals surface area contributed by atoms with E-state index in [0.717, 1.165) is 43.4 Å². The molecule has 1 aliphatic carbocycles. The predicted octanol–water partition coefficient (Wildman–Crippen LogP) is 2.73. The van der Waals surface area contributed by atoms with Crippen molar-refractivity contribution in [1.29, 1.82) is 0 Å². The first-order valence-corrected chi connectivity index (χ1v) is 10.8. The summed E-state index contributed by atoms with van der Waals surface area (Å²) in [5.41, 5.74) is 1.94. The number of nitrogens with one attached hydrogen (secondary N) is 1. The minimum atomic E-state index is -0.364. The number of aromatic nitrogens is 3. The number of nitrogens with zero attached hydrogens (tertiary/aromatic N) is 4. The Morgan fingerprint density at radius 3 is 2.78 bits per heavy atom. The van der Waals surface area contributed by atoms with E-state index >= 15 is 0 Å². The van der Waals surface area contributed by atoms with E-state index in [1.807, 2.05) is 29.2 Å². The van der Waals surface area contributed by atoms with E-state index in [4.69, 9.17) is 0 Å². The molecule has 0 radical (unpaired) electrons. The Hall–Kier alpha value is -3.68. The molecule has 2 amide bonds. The van der Waals surface area contributed by atoms with Gasteiger partial charge < -0.3 is 14.0 Å². The lowest BCUT2D eigenvalue weighted by Gasteiger charge is -2.46. The maximum absolute atomic E-state index is 12.9. The van der Waals surface area contributed by atoms with Gasteiger partial charge in [0.1, 0.15) is 0 Å². The number of rotatable bonds is 4. The van der Waals surface area contributed by atoms with E-state index in [2.05, 4.69) is 21.4 Å². The summed E-state index contributed by atoms with van der Waals surface area (Å²) in [4.78, 5) is 43.3. The molecular weight excluding hydrogens is 406 g/mol. The molecule has 1 saturated carbocycles. The van der Waals surface area contributed by atoms with Crippen LogP contribution in [0.25, 0.3) is 11.0 Å². The van der Waals surface area contributed by atoms with Crippen LogP contribution in [0.5, 0.6) is 0 Å². The monoisotopic (exact) mass is 431 g/mol. The van der Waals surface area contributed by atoms with Crippen molar-refractivity contribution >= 4 is 28.8 Å². The average Bonchev–Trinajstić information content (AvgIpc) is 3.36. The Morgan fingerprint density at radius 1 is 1.25 bits per heavy atom. The topological polar surface area (TPSA) is 89.2 Å². The van der Waals surface area contributed by atoms with Gasteiger partial charge in [-0.2, -0.15) is 0 Å². The van der Waals surface area contributed by atoms with Crippen LogP contribution in [-0.4, -0.2) is 43.9 Å². The summed E-state index contributed by atoms with van der Waals surface area (Å²) in [7, 11) is 1.64. The highest BCUT2D eigenvalue weighted by Crippen LogP contribution is 2.55. The van der Waals surface area contributed by atoms with Gasteiger partial charge in [0, 0.05) is 44.0 Å². The number of anilines is 1. The molecule has 0 unspecified atom stereocenters. The number of fused-ring (bicyclic) bond motifs is 1. The van der Waals surface area contributed by atoms with Crippen LogP contribution in [0.3, 0.4) is 0 Å². The molecule has 8 heteroatoms. The van der Waals surface area contributed by atoms with Gasteiger partial charge in [0.15, 0.2) is 0 Å². The van der Waals surface area contributed by atoms with Gasteiger partial charge in [-0.05, 0) is 49.0 Å². The number of imidazole rings is 1. The number of amides is 2. The zero-order chi connectivity index (χ0) is 22.5. The number of para-hydroxylation sites is 2. The number of likely N-dealkylation sites (tertiary alicyclic amines) is 1. The lowest BCUT2D eigenvalue weighted by atomic mass is 9.65. The van der Waals surface area contributed by atoms with Crippen molar-refractivity contribution in [2.45, 2.75) is 25.3 Å². The Bertz CT molecular complexity index is 1300. The van der Waals surface area contributed by atoms with Crippen LogP contribution in [0.2, 0.25) is 0 Å². The molecule has 3 heterocycles. The van der Waals surface area contributed by atoms with Crippen molar-refractivity contribution in [3.05, 3.63) is 71.2 Å². The predicted molar refractivity (Wildman–Crippen MR) is 121 cm³/mol. The maximum atomic E-state index is 12.9. The third-order valence-corrected chi connectivity index (χ3v) is 6.81. The van der Waals surface area contributed by atoms with E-state index in [0.29, 0.717) is 11.5 Å². The molecule has 5 rings (SSSR count). The van der Waals surface area contributed by atoms with Crippen LogP contribution in [0, 0.1) is 5.41 Å². The summed E-state index contributed by atoms with van der Waals surface area (Å²) >= 11 is 0. The van der Waals surface area contributed by atoms with Gasteiger partial charge in [-0.3, -0.25) is 19.7 Å². The standard InChI is InChI=1S/C24H25N5O3/c1-3-20(30)28-11-9-24(15-28)13-17(14-24)29-19-7-5-4-6-18(19)25-23(29)26-22(32)16-8-10-27(2)21(31)12-16/h3-8,10,12,17H,1,9,11,13-15H2,2H3,(H,25,26,32). The van der Waals surface area contributed by atoms with Gasteiger partial charge >= 0.3 is 0 Å². The van der Waals surface area contributed by atoms with Gasteiger partial charge in [0.25, 0.3) is 11.5 Å². The number of carbonyl (C=O) groups is 2. The van der Waals surface area contributed by atoms with Crippen LogP contribution in [-0.2, 0) is 11.8 Å². The number of hydrogen-bond acceptors (Lipinski definition) is 4. The summed E-state index contributed by atoms with van der Waals surface area (Å²) in [6.07, 6.45) is 5.77. The Morgan fingerprint density at radius 2 is 2.03 bits per heavy atom. The van der Waals surface area contributed by atoms with Crippen molar-refractivity contribution in [3.63, 3.8) is 0 Å². The molecule has 1 aliphatic heterocycles. The highest BCUT2D eigenvalue weighted by Gasteiger charge is 2.50. The van der Waals surface area contributed by atoms with Crippen molar-refractivity contribution in [2.75, 3.05) is 18.4 Å². The molecule has 3 aromatic rings. The summed E-state index contributed by atoms with van der Waals surface area (Å²) in [5, 5.41) is 2.91. The summed E-state index contributed by atoms with van der Waals surface area (Å²) in [6.45, 7) is 5.10. The number of pyridine rings is 1. The summed E-state index contributed by atoms with van der Waals surface area (Å²) in [6, 6.07) is 10.9. The zero-order valence-corrected chi connectivity index (χ0v) is 18.0. The molecule has 2 aliphatic rings. The van der Waals surface area contributed by atoms with Crippen LogP contribution in [0.1, 0.15) is 35.7 Å². The third-order valence-electron chi connectivity index (χ3n) is 6.81. The fourth-order valence-electron chi connectivity index (χ4n) is 5.07. The molecule has 0 bridgehead atoms. The fourth-order valence-corrected chi connectivity index (χ4v) is 5.07. The second kappa shape index (κ2) is 7.47. The number of hydrogen-bond donors (Lipinski definition) is 1. The average molecular weight is 431 g/mol. The molecule has 32 heavy (non-hydrogen) atoms. The molecule has 2 fully saturated rings. The molecule has 164 valence electrons. The lowest BCUT2D eigenvalue weighted by Crippen LogP contribution is -2.42. The first-order valence-electron chi connectivity index (χ1n) is 10.8. The highest BCUT2D eigenvalue weighted by atomic mass is 16.2. The number of carbonyl (C=O) groups excluding carboxylic acids is 2. The SMILES string of the molecule is C=CC(=O)N1CCC2(CC(n3c(NC(=O)c4ccn(C)c(=O)c4)nc4ccccc43)C2)C1. The molecule has 0 atom stereocenters. The van der Waals surface area contributed by atoms with Gasteiger partial charge in [-0.25, -0.2) is 4.98 Å². The Balaban J connectivity index is 1.41. The van der Waals surface area contributed by atoms with E-state index in [-0.39, 0.29) is 28.8 Å². The number of aryl methyl sites for hydroxylation is 1. The second-order valence-electron chi connectivity index (χ2n) is 8.89. The highest BCUT2D eigenvalue weighted by molar-refractivity contribution is 6.04. The van der Waals surface area contributed by atoms with Gasteiger partial charge in [0.05, 0.1) is 11.0 Å². The van der Waals surface area contributed by atoms with Crippen molar-refractivity contribution < 1.29 is 9.59 Å². The molecule has 2 aromatic heterocycles. The van der Waals surface area contributed by atoms with E-state index in [9.17, 15) is 14.4 Å². The zero-order valence-electron chi connectivity index (χ0n) is 18.0. The first kappa shape index (κ1) is 20.2. The van der Waals surface area contributed by atoms with Crippen molar-refractivity contribution in [3.8, 4) is 0 Å². The third kappa shape index (κ3) is 3.32.